The lowest BCUT2D eigenvalue weighted by Gasteiger charge is -2.37. The minimum atomic E-state index is -0.849. The van der Waals surface area contributed by atoms with Crippen LogP contribution in [-0.2, 0) is 12.1 Å². The molecule has 0 fully saturated rings. The lowest BCUT2D eigenvalue weighted by atomic mass is 9.77. The van der Waals surface area contributed by atoms with Crippen LogP contribution in [0.2, 0.25) is 0 Å². The van der Waals surface area contributed by atoms with E-state index in [1.807, 2.05) is 42.9 Å². The Morgan fingerprint density at radius 1 is 0.755 bits per heavy atom. The van der Waals surface area contributed by atoms with E-state index < -0.39 is 5.54 Å². The summed E-state index contributed by atoms with van der Waals surface area (Å²) in [5, 5.41) is 24.5. The highest BCUT2D eigenvalue weighted by atomic mass is 16.3. The van der Waals surface area contributed by atoms with Crippen LogP contribution in [0.1, 0.15) is 28.7 Å². The van der Waals surface area contributed by atoms with E-state index in [1.54, 1.807) is 10.9 Å². The molecule has 9 aromatic rings. The Kier molecular flexibility index (Phi) is 8.13. The van der Waals surface area contributed by atoms with E-state index in [2.05, 4.69) is 134 Å². The molecule has 2 N–H and O–H groups in total. The second-order valence-electron chi connectivity index (χ2n) is 13.1. The van der Waals surface area contributed by atoms with E-state index in [9.17, 15) is 5.11 Å². The quantitative estimate of drug-likeness (QED) is 0.140. The Morgan fingerprint density at radius 2 is 1.45 bits per heavy atom. The van der Waals surface area contributed by atoms with Gasteiger partial charge in [-0.15, -0.1) is 5.10 Å². The van der Waals surface area contributed by atoms with E-state index in [4.69, 9.17) is 10.1 Å². The van der Waals surface area contributed by atoms with Crippen LogP contribution in [0.25, 0.3) is 56.0 Å². The molecule has 0 aliphatic carbocycles. The number of H-pyrrole nitrogens is 1. The first-order chi connectivity index (χ1) is 26.1. The Hall–Kier alpha value is -6.78. The molecule has 0 aliphatic heterocycles. The Balaban J connectivity index is 1.34. The van der Waals surface area contributed by atoms with Crippen LogP contribution in [0.5, 0.6) is 0 Å². The predicted octanol–water partition coefficient (Wildman–Crippen LogP) is 7.83. The molecule has 0 bridgehead atoms. The number of aryl methyl sites for hydroxylation is 2. The van der Waals surface area contributed by atoms with Gasteiger partial charge < -0.3 is 10.1 Å². The van der Waals surface area contributed by atoms with Gasteiger partial charge in [-0.05, 0) is 65.4 Å². The molecule has 53 heavy (non-hydrogen) atoms. The first-order valence-electron chi connectivity index (χ1n) is 17.6. The molecule has 5 aromatic heterocycles. The SMILES string of the molecule is Cc1cncc(-c2ccc3c(c2)c(-c2nc4c(-c5cn(CCCO)nn5)nccc4[nH]2)nn3C(c2ccccc2)(c2ccccc2)c2ccccc2)c1. The molecule has 4 aromatic carbocycles. The van der Waals surface area contributed by atoms with Crippen LogP contribution in [0, 0.1) is 6.92 Å². The summed E-state index contributed by atoms with van der Waals surface area (Å²) in [5.41, 5.74) is 9.81. The number of hydrogen-bond donors (Lipinski definition) is 2. The van der Waals surface area contributed by atoms with E-state index in [0.29, 0.717) is 41.4 Å². The third-order valence-corrected chi connectivity index (χ3v) is 9.73. The van der Waals surface area contributed by atoms with E-state index in [1.165, 1.54) is 0 Å². The maximum atomic E-state index is 9.32. The monoisotopic (exact) mass is 693 g/mol. The zero-order valence-electron chi connectivity index (χ0n) is 29.0. The number of nitrogens with one attached hydrogen (secondary N) is 1. The van der Waals surface area contributed by atoms with Crippen LogP contribution in [0.4, 0.5) is 0 Å². The highest BCUT2D eigenvalue weighted by Crippen LogP contribution is 2.44. The van der Waals surface area contributed by atoms with Crippen molar-refractivity contribution < 1.29 is 5.11 Å². The fourth-order valence-electron chi connectivity index (χ4n) is 7.33. The molecule has 0 saturated carbocycles. The number of pyridine rings is 2. The largest absolute Gasteiger partial charge is 0.396 e. The molecule has 10 heteroatoms. The van der Waals surface area contributed by atoms with Crippen molar-refractivity contribution in [3.8, 4) is 34.0 Å². The zero-order chi connectivity index (χ0) is 35.8. The van der Waals surface area contributed by atoms with Crippen molar-refractivity contribution in [3.05, 3.63) is 168 Å². The van der Waals surface area contributed by atoms with Crippen LogP contribution in [0.15, 0.2) is 146 Å². The van der Waals surface area contributed by atoms with Gasteiger partial charge in [0.25, 0.3) is 0 Å². The van der Waals surface area contributed by atoms with Crippen LogP contribution >= 0.6 is 0 Å². The predicted molar refractivity (Wildman–Crippen MR) is 206 cm³/mol. The summed E-state index contributed by atoms with van der Waals surface area (Å²) in [6.45, 7) is 2.69. The summed E-state index contributed by atoms with van der Waals surface area (Å²) in [5.74, 6) is 0.605. The number of rotatable bonds is 10. The molecule has 0 spiro atoms. The molecule has 0 amide bonds. The maximum absolute atomic E-state index is 9.32. The second kappa shape index (κ2) is 13.4. The molecule has 0 atom stereocenters. The number of aliphatic hydroxyl groups is 1. The zero-order valence-corrected chi connectivity index (χ0v) is 29.0. The number of aromatic nitrogens is 9. The molecule has 9 rings (SSSR count). The number of imidazole rings is 1. The van der Waals surface area contributed by atoms with Crippen molar-refractivity contribution in [1.82, 2.24) is 44.7 Å². The number of hydrogen-bond acceptors (Lipinski definition) is 7. The minimum Gasteiger partial charge on any atom is -0.396 e. The minimum absolute atomic E-state index is 0.0779. The van der Waals surface area contributed by atoms with Gasteiger partial charge in [0.1, 0.15) is 28.1 Å². The number of nitrogens with zero attached hydrogens (tertiary/aromatic N) is 8. The Labute approximate surface area is 305 Å². The summed E-state index contributed by atoms with van der Waals surface area (Å²) in [7, 11) is 0. The van der Waals surface area contributed by atoms with Crippen LogP contribution in [0.3, 0.4) is 0 Å². The summed E-state index contributed by atoms with van der Waals surface area (Å²) in [4.78, 5) is 18.0. The normalized spacial score (nSPS) is 11.8. The molecule has 10 nitrogen and oxygen atoms in total. The maximum Gasteiger partial charge on any atom is 0.159 e. The second-order valence-corrected chi connectivity index (χ2v) is 13.1. The molecular weight excluding hydrogens is 659 g/mol. The van der Waals surface area contributed by atoms with Crippen molar-refractivity contribution in [1.29, 1.82) is 0 Å². The van der Waals surface area contributed by atoms with Crippen molar-refractivity contribution in [2.24, 2.45) is 0 Å². The van der Waals surface area contributed by atoms with Gasteiger partial charge in [0.2, 0.25) is 0 Å². The molecule has 5 heterocycles. The fourth-order valence-corrected chi connectivity index (χ4v) is 7.33. The Bertz CT molecular complexity index is 2590. The van der Waals surface area contributed by atoms with Crippen molar-refractivity contribution in [3.63, 3.8) is 0 Å². The van der Waals surface area contributed by atoms with Gasteiger partial charge in [0, 0.05) is 42.7 Å². The van der Waals surface area contributed by atoms with Gasteiger partial charge in [-0.25, -0.2) is 9.67 Å². The average molecular weight is 694 g/mol. The van der Waals surface area contributed by atoms with Gasteiger partial charge in [-0.2, -0.15) is 5.10 Å². The molecule has 0 radical (unpaired) electrons. The number of benzene rings is 4. The van der Waals surface area contributed by atoms with Crippen molar-refractivity contribution in [2.75, 3.05) is 6.61 Å². The number of fused-ring (bicyclic) bond motifs is 2. The van der Waals surface area contributed by atoms with Crippen LogP contribution in [-0.4, -0.2) is 56.4 Å². The first-order valence-corrected chi connectivity index (χ1v) is 17.6. The van der Waals surface area contributed by atoms with Crippen molar-refractivity contribution >= 4 is 21.9 Å². The summed E-state index contributed by atoms with van der Waals surface area (Å²) < 4.78 is 3.88. The molecule has 0 aliphatic rings. The summed E-state index contributed by atoms with van der Waals surface area (Å²) >= 11 is 0. The highest BCUT2D eigenvalue weighted by Gasteiger charge is 2.41. The fraction of sp³-hybridized carbons (Fsp3) is 0.116. The Morgan fingerprint density at radius 3 is 2.11 bits per heavy atom. The summed E-state index contributed by atoms with van der Waals surface area (Å²) in [6.07, 6.45) is 7.93. The smallest absolute Gasteiger partial charge is 0.159 e. The third-order valence-electron chi connectivity index (χ3n) is 9.73. The highest BCUT2D eigenvalue weighted by molar-refractivity contribution is 5.98. The molecule has 0 saturated heterocycles. The molecule has 0 unspecified atom stereocenters. The number of aliphatic hydroxyl groups excluding tert-OH is 1. The van der Waals surface area contributed by atoms with Gasteiger partial charge >= 0.3 is 0 Å². The molecular formula is C43H35N9O. The van der Waals surface area contributed by atoms with Gasteiger partial charge in [0.15, 0.2) is 5.82 Å². The lowest BCUT2D eigenvalue weighted by Crippen LogP contribution is -2.38. The standard InChI is InChI=1S/C43H35N9O/c1-29-24-31(27-44-26-29)30-18-19-38-35(25-30)39(42-46-36-20-21-45-40(41(36)47-42)37-28-51(50-48-37)22-11-23-53)49-52(38)43(32-12-5-2-6-13-32,33-14-7-3-8-15-33)34-16-9-4-10-17-34/h2-10,12-21,24-28,53H,11,22-23H2,1H3,(H,46,47). The van der Waals surface area contributed by atoms with E-state index >= 15 is 0 Å². The van der Waals surface area contributed by atoms with Crippen molar-refractivity contribution in [2.45, 2.75) is 25.4 Å². The van der Waals surface area contributed by atoms with E-state index in [-0.39, 0.29) is 6.61 Å². The van der Waals surface area contributed by atoms with E-state index in [0.717, 1.165) is 49.8 Å². The van der Waals surface area contributed by atoms with Gasteiger partial charge in [-0.3, -0.25) is 14.6 Å². The topological polar surface area (TPSA) is 123 Å². The molecule has 258 valence electrons. The average Bonchev–Trinajstić information content (AvgIpc) is 3.96. The summed E-state index contributed by atoms with van der Waals surface area (Å²) in [6, 6.07) is 42.2. The third kappa shape index (κ3) is 5.56. The van der Waals surface area contributed by atoms with Crippen LogP contribution < -0.4 is 0 Å². The van der Waals surface area contributed by atoms with Gasteiger partial charge in [0.05, 0.1) is 17.2 Å². The van der Waals surface area contributed by atoms with Gasteiger partial charge in [-0.1, -0.05) is 102 Å². The lowest BCUT2D eigenvalue weighted by molar-refractivity contribution is 0.276. The first kappa shape index (κ1) is 32.1. The number of aromatic amines is 1.